The van der Waals surface area contributed by atoms with E-state index in [0.717, 1.165) is 22.8 Å². The number of aryl methyl sites for hydroxylation is 3. The molecule has 1 amide bonds. The number of ether oxygens (including phenoxy) is 1. The number of para-hydroxylation sites is 1. The number of carbonyl (C=O) groups is 1. The Labute approximate surface area is 130 Å². The van der Waals surface area contributed by atoms with E-state index in [-0.39, 0.29) is 12.5 Å². The van der Waals surface area contributed by atoms with Crippen molar-refractivity contribution in [3.05, 3.63) is 47.2 Å². The smallest absolute Gasteiger partial charge is 0.261 e. The average molecular weight is 302 g/mol. The van der Waals surface area contributed by atoms with Crippen LogP contribution in [0.3, 0.4) is 0 Å². The van der Waals surface area contributed by atoms with E-state index >= 15 is 0 Å². The van der Waals surface area contributed by atoms with E-state index in [0.29, 0.717) is 12.3 Å². The van der Waals surface area contributed by atoms with Crippen LogP contribution >= 0.6 is 0 Å². The molecule has 2 rings (SSSR count). The highest BCUT2D eigenvalue weighted by Gasteiger charge is 2.19. The van der Waals surface area contributed by atoms with E-state index in [1.165, 1.54) is 0 Å². The molecule has 118 valence electrons. The van der Waals surface area contributed by atoms with Crippen molar-refractivity contribution in [1.29, 1.82) is 0 Å². The Morgan fingerprint density at radius 3 is 2.64 bits per heavy atom. The number of rotatable bonds is 6. The van der Waals surface area contributed by atoms with Crippen molar-refractivity contribution < 1.29 is 13.9 Å². The minimum Gasteiger partial charge on any atom is -0.480 e. The number of aromatic nitrogens is 1. The maximum Gasteiger partial charge on any atom is 0.261 e. The highest BCUT2D eigenvalue weighted by atomic mass is 16.5. The van der Waals surface area contributed by atoms with Gasteiger partial charge < -0.3 is 14.5 Å². The van der Waals surface area contributed by atoms with Crippen molar-refractivity contribution in [3.63, 3.8) is 0 Å². The van der Waals surface area contributed by atoms with Crippen LogP contribution in [0.5, 0.6) is 5.75 Å². The summed E-state index contributed by atoms with van der Waals surface area (Å²) < 4.78 is 11.3. The van der Waals surface area contributed by atoms with Crippen molar-refractivity contribution in [1.82, 2.24) is 10.3 Å². The molecular formula is C17H22N2O3. The number of oxazole rings is 1. The summed E-state index contributed by atoms with van der Waals surface area (Å²) in [4.78, 5) is 16.5. The average Bonchev–Trinajstić information content (AvgIpc) is 2.82. The molecule has 0 spiro atoms. The summed E-state index contributed by atoms with van der Waals surface area (Å²) in [6.45, 7) is 7.87. The third-order valence-corrected chi connectivity index (χ3v) is 3.51. The largest absolute Gasteiger partial charge is 0.480 e. The van der Waals surface area contributed by atoms with Crippen molar-refractivity contribution in [2.45, 2.75) is 46.8 Å². The number of carbonyl (C=O) groups excluding carboxylic acids is 1. The van der Waals surface area contributed by atoms with Crippen LogP contribution in [0, 0.1) is 20.8 Å². The second-order valence-electron chi connectivity index (χ2n) is 5.25. The van der Waals surface area contributed by atoms with E-state index in [4.69, 9.17) is 9.15 Å². The molecule has 0 saturated carbocycles. The van der Waals surface area contributed by atoms with Crippen LogP contribution in [0.4, 0.5) is 0 Å². The first-order chi connectivity index (χ1) is 10.5. The van der Waals surface area contributed by atoms with Crippen LogP contribution in [0.1, 0.15) is 36.3 Å². The zero-order valence-corrected chi connectivity index (χ0v) is 13.5. The van der Waals surface area contributed by atoms with Crippen molar-refractivity contribution in [2.75, 3.05) is 0 Å². The number of hydrogen-bond acceptors (Lipinski definition) is 4. The van der Waals surface area contributed by atoms with Gasteiger partial charge in [-0.2, -0.15) is 0 Å². The highest BCUT2D eigenvalue weighted by Crippen LogP contribution is 2.19. The molecule has 1 aromatic carbocycles. The third kappa shape index (κ3) is 3.87. The van der Waals surface area contributed by atoms with Crippen molar-refractivity contribution in [3.8, 4) is 5.75 Å². The molecule has 0 saturated heterocycles. The maximum absolute atomic E-state index is 12.2. The number of benzene rings is 1. The van der Waals surface area contributed by atoms with Gasteiger partial charge in [-0.05, 0) is 38.8 Å². The zero-order chi connectivity index (χ0) is 16.1. The zero-order valence-electron chi connectivity index (χ0n) is 13.5. The number of nitrogens with one attached hydrogen (secondary N) is 1. The molecule has 0 aliphatic heterocycles. The first-order valence-corrected chi connectivity index (χ1v) is 7.44. The van der Waals surface area contributed by atoms with E-state index in [9.17, 15) is 4.79 Å². The number of nitrogens with zero attached hydrogens (tertiary/aromatic N) is 1. The van der Waals surface area contributed by atoms with Crippen LogP contribution in [-0.4, -0.2) is 17.0 Å². The van der Waals surface area contributed by atoms with E-state index in [1.807, 2.05) is 52.0 Å². The van der Waals surface area contributed by atoms with Crippen LogP contribution in [0.2, 0.25) is 0 Å². The van der Waals surface area contributed by atoms with Gasteiger partial charge in [0.25, 0.3) is 5.91 Å². The fraction of sp³-hybridized carbons (Fsp3) is 0.412. The Balaban J connectivity index is 1.95. The summed E-state index contributed by atoms with van der Waals surface area (Å²) in [6, 6.07) is 7.66. The molecule has 0 aliphatic carbocycles. The molecule has 2 aromatic rings. The summed E-state index contributed by atoms with van der Waals surface area (Å²) in [5.74, 6) is 1.84. The van der Waals surface area contributed by atoms with E-state index in [1.54, 1.807) is 0 Å². The van der Waals surface area contributed by atoms with Gasteiger partial charge in [0.2, 0.25) is 5.89 Å². The molecule has 5 nitrogen and oxygen atoms in total. The second-order valence-corrected chi connectivity index (χ2v) is 5.25. The minimum absolute atomic E-state index is 0.167. The van der Waals surface area contributed by atoms with E-state index < -0.39 is 6.10 Å². The van der Waals surface area contributed by atoms with Gasteiger partial charge in [-0.1, -0.05) is 25.1 Å². The molecule has 5 heteroatoms. The molecule has 0 radical (unpaired) electrons. The Hall–Kier alpha value is -2.30. The fourth-order valence-corrected chi connectivity index (χ4v) is 2.06. The quantitative estimate of drug-likeness (QED) is 0.890. The van der Waals surface area contributed by atoms with Gasteiger partial charge in [0.05, 0.1) is 12.2 Å². The highest BCUT2D eigenvalue weighted by molar-refractivity contribution is 5.81. The molecule has 1 N–H and O–H groups in total. The molecule has 0 unspecified atom stereocenters. The van der Waals surface area contributed by atoms with E-state index in [2.05, 4.69) is 10.3 Å². The fourth-order valence-electron chi connectivity index (χ4n) is 2.06. The molecular weight excluding hydrogens is 280 g/mol. The van der Waals surface area contributed by atoms with Crippen LogP contribution < -0.4 is 10.1 Å². The molecule has 1 heterocycles. The Morgan fingerprint density at radius 2 is 2.05 bits per heavy atom. The predicted molar refractivity (Wildman–Crippen MR) is 83.7 cm³/mol. The van der Waals surface area contributed by atoms with Crippen LogP contribution in [0.15, 0.2) is 28.7 Å². The monoisotopic (exact) mass is 302 g/mol. The lowest BCUT2D eigenvalue weighted by molar-refractivity contribution is -0.128. The molecule has 0 bridgehead atoms. The first kappa shape index (κ1) is 16.1. The molecule has 1 aromatic heterocycles. The Morgan fingerprint density at radius 1 is 1.32 bits per heavy atom. The summed E-state index contributed by atoms with van der Waals surface area (Å²) in [5, 5.41) is 2.81. The summed E-state index contributed by atoms with van der Waals surface area (Å²) in [5.41, 5.74) is 1.85. The number of hydrogen-bond donors (Lipinski definition) is 1. The van der Waals surface area contributed by atoms with Crippen LogP contribution in [-0.2, 0) is 11.3 Å². The lowest BCUT2D eigenvalue weighted by Crippen LogP contribution is -2.37. The second kappa shape index (κ2) is 7.11. The lowest BCUT2D eigenvalue weighted by atomic mass is 10.2. The van der Waals surface area contributed by atoms with Crippen molar-refractivity contribution >= 4 is 5.91 Å². The summed E-state index contributed by atoms with van der Waals surface area (Å²) in [6.07, 6.45) is 0.0577. The normalized spacial score (nSPS) is 12.0. The van der Waals surface area contributed by atoms with Gasteiger partial charge in [0.15, 0.2) is 6.10 Å². The predicted octanol–water partition coefficient (Wildman–Crippen LogP) is 3.07. The van der Waals surface area contributed by atoms with Gasteiger partial charge in [-0.15, -0.1) is 0 Å². The molecule has 0 aliphatic rings. The molecule has 22 heavy (non-hydrogen) atoms. The van der Waals surface area contributed by atoms with Gasteiger partial charge in [0, 0.05) is 0 Å². The van der Waals surface area contributed by atoms with Gasteiger partial charge in [0.1, 0.15) is 11.5 Å². The van der Waals surface area contributed by atoms with Gasteiger partial charge in [-0.25, -0.2) is 4.98 Å². The summed E-state index contributed by atoms with van der Waals surface area (Å²) in [7, 11) is 0. The Bertz CT molecular complexity index is 630. The standard InChI is InChI=1S/C17H22N2O3/c1-5-14(22-15-9-7-6-8-11(15)2)17(20)18-10-16-19-12(3)13(4)21-16/h6-9,14H,5,10H2,1-4H3,(H,18,20)/t14-/m1/s1. The Kier molecular flexibility index (Phi) is 5.20. The maximum atomic E-state index is 12.2. The topological polar surface area (TPSA) is 64.4 Å². The SMILES string of the molecule is CC[C@@H](Oc1ccccc1C)C(=O)NCc1nc(C)c(C)o1. The number of amides is 1. The van der Waals surface area contributed by atoms with Crippen LogP contribution in [0.25, 0.3) is 0 Å². The van der Waals surface area contributed by atoms with Gasteiger partial charge >= 0.3 is 0 Å². The minimum atomic E-state index is -0.529. The van der Waals surface area contributed by atoms with Gasteiger partial charge in [-0.3, -0.25) is 4.79 Å². The third-order valence-electron chi connectivity index (χ3n) is 3.51. The molecule has 1 atom stereocenters. The van der Waals surface area contributed by atoms with Crippen molar-refractivity contribution in [2.24, 2.45) is 0 Å². The first-order valence-electron chi connectivity index (χ1n) is 7.44. The summed E-state index contributed by atoms with van der Waals surface area (Å²) >= 11 is 0. The lowest BCUT2D eigenvalue weighted by Gasteiger charge is -2.18. The molecule has 0 fully saturated rings.